The number of aryl methyl sites for hydroxylation is 1. The molecule has 1 aromatic carbocycles. The highest BCUT2D eigenvalue weighted by molar-refractivity contribution is 5.87. The molecular weight excluding hydrogens is 435 g/mol. The molecule has 11 heteroatoms. The van der Waals surface area contributed by atoms with Gasteiger partial charge in [0.2, 0.25) is 0 Å². The van der Waals surface area contributed by atoms with Crippen LogP contribution in [0, 0.1) is 0 Å². The number of nitrogens with one attached hydrogen (secondary N) is 2. The van der Waals surface area contributed by atoms with Crippen LogP contribution in [0.5, 0.6) is 5.75 Å². The molecule has 3 aromatic heterocycles. The third-order valence-corrected chi connectivity index (χ3v) is 5.72. The second kappa shape index (κ2) is 8.07. The van der Waals surface area contributed by atoms with E-state index in [1.807, 2.05) is 19.3 Å². The molecule has 172 valence electrons. The Bertz CT molecular complexity index is 1310. The molecule has 0 amide bonds. The Hall–Kier alpha value is -3.60. The molecule has 4 heterocycles. The number of benzene rings is 1. The first-order valence-electron chi connectivity index (χ1n) is 10.4. The zero-order valence-electron chi connectivity index (χ0n) is 18.0. The summed E-state index contributed by atoms with van der Waals surface area (Å²) in [7, 11) is 3.39. The number of rotatable bonds is 5. The average Bonchev–Trinajstić information content (AvgIpc) is 3.53. The maximum Gasteiger partial charge on any atom is 0.419 e. The molecule has 0 saturated carbocycles. The summed E-state index contributed by atoms with van der Waals surface area (Å²) in [5.74, 6) is 0.773. The zero-order valence-corrected chi connectivity index (χ0v) is 18.0. The number of nitrogens with zero attached hydrogens (tertiary/aromatic N) is 5. The summed E-state index contributed by atoms with van der Waals surface area (Å²) in [6.45, 7) is 1.34. The van der Waals surface area contributed by atoms with Crippen LogP contribution in [0.25, 0.3) is 28.0 Å². The molecule has 0 aliphatic carbocycles. The van der Waals surface area contributed by atoms with Crippen LogP contribution >= 0.6 is 0 Å². The topological polar surface area (TPSA) is 81.8 Å². The minimum Gasteiger partial charge on any atom is -0.496 e. The maximum atomic E-state index is 13.6. The number of fused-ring (bicyclic) bond motifs is 1. The van der Waals surface area contributed by atoms with Crippen molar-refractivity contribution >= 4 is 16.9 Å². The van der Waals surface area contributed by atoms with Crippen molar-refractivity contribution in [3.05, 3.63) is 48.5 Å². The Morgan fingerprint density at radius 1 is 1.24 bits per heavy atom. The van der Waals surface area contributed by atoms with Crippen molar-refractivity contribution in [2.45, 2.75) is 18.6 Å². The van der Waals surface area contributed by atoms with E-state index in [1.165, 1.54) is 6.07 Å². The summed E-state index contributed by atoms with van der Waals surface area (Å²) in [5, 5.41) is 10.3. The van der Waals surface area contributed by atoms with Gasteiger partial charge in [0.25, 0.3) is 0 Å². The number of alkyl halides is 3. The Kier molecular flexibility index (Phi) is 5.20. The van der Waals surface area contributed by atoms with Crippen LogP contribution in [0.15, 0.2) is 43.0 Å². The van der Waals surface area contributed by atoms with E-state index in [0.29, 0.717) is 29.1 Å². The largest absolute Gasteiger partial charge is 0.496 e. The summed E-state index contributed by atoms with van der Waals surface area (Å²) in [6.07, 6.45) is 1.34. The molecule has 1 saturated heterocycles. The molecule has 0 spiro atoms. The third kappa shape index (κ3) is 3.99. The van der Waals surface area contributed by atoms with Gasteiger partial charge in [-0.15, -0.1) is 0 Å². The number of hydrogen-bond acceptors (Lipinski definition) is 6. The number of halogens is 3. The van der Waals surface area contributed by atoms with Gasteiger partial charge in [0.05, 0.1) is 29.9 Å². The lowest BCUT2D eigenvalue weighted by atomic mass is 10.1. The van der Waals surface area contributed by atoms with Crippen molar-refractivity contribution in [3.63, 3.8) is 0 Å². The van der Waals surface area contributed by atoms with Gasteiger partial charge in [-0.2, -0.15) is 18.3 Å². The van der Waals surface area contributed by atoms with Gasteiger partial charge in [0.15, 0.2) is 0 Å². The lowest BCUT2D eigenvalue weighted by molar-refractivity contribution is -0.137. The molecule has 0 radical (unpaired) electrons. The Morgan fingerprint density at radius 2 is 2.09 bits per heavy atom. The molecule has 33 heavy (non-hydrogen) atoms. The van der Waals surface area contributed by atoms with Gasteiger partial charge in [-0.1, -0.05) is 0 Å². The van der Waals surface area contributed by atoms with Crippen LogP contribution in [0.1, 0.15) is 12.0 Å². The zero-order chi connectivity index (χ0) is 23.2. The fourth-order valence-electron chi connectivity index (χ4n) is 4.07. The number of ether oxygens (including phenoxy) is 1. The highest BCUT2D eigenvalue weighted by atomic mass is 19.4. The standard InChI is InChI=1S/C22H22F3N7O/c1-31-11-13(9-28-31)15-7-18-17(8-19(15)33-2)27-12-32(18)20-4-3-16(22(23,24)25)21(30-20)29-14-5-6-26-10-14/h3-4,7-9,11-12,14,26H,5-6,10H2,1-2H3,(H,29,30). The van der Waals surface area contributed by atoms with E-state index in [4.69, 9.17) is 4.74 Å². The second-order valence-corrected chi connectivity index (χ2v) is 7.96. The molecule has 1 aliphatic heterocycles. The van der Waals surface area contributed by atoms with E-state index in [1.54, 1.807) is 34.9 Å². The lowest BCUT2D eigenvalue weighted by Gasteiger charge is -2.18. The summed E-state index contributed by atoms with van der Waals surface area (Å²) in [6, 6.07) is 5.97. The summed E-state index contributed by atoms with van der Waals surface area (Å²) >= 11 is 0. The highest BCUT2D eigenvalue weighted by Gasteiger charge is 2.35. The van der Waals surface area contributed by atoms with E-state index in [0.717, 1.165) is 30.2 Å². The number of aromatic nitrogens is 5. The van der Waals surface area contributed by atoms with Crippen LogP contribution in [0.2, 0.25) is 0 Å². The van der Waals surface area contributed by atoms with Crippen LogP contribution < -0.4 is 15.4 Å². The van der Waals surface area contributed by atoms with Crippen molar-refractivity contribution in [2.24, 2.45) is 7.05 Å². The summed E-state index contributed by atoms with van der Waals surface area (Å²) < 4.78 is 49.8. The van der Waals surface area contributed by atoms with E-state index in [9.17, 15) is 13.2 Å². The maximum absolute atomic E-state index is 13.6. The number of anilines is 1. The molecule has 1 atom stereocenters. The fourth-order valence-corrected chi connectivity index (χ4v) is 4.07. The third-order valence-electron chi connectivity index (χ3n) is 5.72. The molecule has 1 aliphatic rings. The quantitative estimate of drug-likeness (QED) is 0.477. The average molecular weight is 457 g/mol. The van der Waals surface area contributed by atoms with Crippen molar-refractivity contribution in [1.29, 1.82) is 0 Å². The molecule has 0 bridgehead atoms. The number of pyridine rings is 1. The minimum atomic E-state index is -4.52. The van der Waals surface area contributed by atoms with Crippen LogP contribution in [-0.4, -0.2) is 50.6 Å². The van der Waals surface area contributed by atoms with Gasteiger partial charge in [-0.05, 0) is 31.2 Å². The van der Waals surface area contributed by atoms with Gasteiger partial charge >= 0.3 is 6.18 Å². The molecule has 5 rings (SSSR count). The van der Waals surface area contributed by atoms with Gasteiger partial charge < -0.3 is 15.4 Å². The van der Waals surface area contributed by atoms with Crippen molar-refractivity contribution < 1.29 is 17.9 Å². The SMILES string of the molecule is COc1cc2ncn(-c3ccc(C(F)(F)F)c(NC4CCNC4)n3)c2cc1-c1cnn(C)c1. The van der Waals surface area contributed by atoms with Crippen LogP contribution in [0.4, 0.5) is 19.0 Å². The highest BCUT2D eigenvalue weighted by Crippen LogP contribution is 2.37. The molecular formula is C22H22F3N7O. The molecule has 1 fully saturated rings. The molecule has 2 N–H and O–H groups in total. The number of methoxy groups -OCH3 is 1. The number of imidazole rings is 1. The normalized spacial score (nSPS) is 16.5. The fraction of sp³-hybridized carbons (Fsp3) is 0.318. The molecule has 8 nitrogen and oxygen atoms in total. The van der Waals surface area contributed by atoms with Gasteiger partial charge in [0.1, 0.15) is 23.7 Å². The number of hydrogen-bond donors (Lipinski definition) is 2. The van der Waals surface area contributed by atoms with Crippen molar-refractivity contribution in [1.82, 2.24) is 29.6 Å². The first-order chi connectivity index (χ1) is 15.8. The van der Waals surface area contributed by atoms with Gasteiger partial charge in [0, 0.05) is 43.0 Å². The van der Waals surface area contributed by atoms with E-state index >= 15 is 0 Å². The lowest BCUT2D eigenvalue weighted by Crippen LogP contribution is -2.25. The van der Waals surface area contributed by atoms with E-state index in [-0.39, 0.29) is 11.9 Å². The van der Waals surface area contributed by atoms with Gasteiger partial charge in [-0.3, -0.25) is 9.25 Å². The summed E-state index contributed by atoms with van der Waals surface area (Å²) in [4.78, 5) is 8.78. The predicted molar refractivity (Wildman–Crippen MR) is 118 cm³/mol. The van der Waals surface area contributed by atoms with E-state index < -0.39 is 11.7 Å². The van der Waals surface area contributed by atoms with E-state index in [2.05, 4.69) is 25.7 Å². The minimum absolute atomic E-state index is 0.116. The monoisotopic (exact) mass is 457 g/mol. The Balaban J connectivity index is 1.62. The Labute approximate surface area is 187 Å². The van der Waals surface area contributed by atoms with Crippen LogP contribution in [0.3, 0.4) is 0 Å². The van der Waals surface area contributed by atoms with Gasteiger partial charge in [-0.25, -0.2) is 9.97 Å². The summed E-state index contributed by atoms with van der Waals surface area (Å²) in [5.41, 5.74) is 2.17. The first-order valence-corrected chi connectivity index (χ1v) is 10.4. The smallest absolute Gasteiger partial charge is 0.419 e. The molecule has 4 aromatic rings. The van der Waals surface area contributed by atoms with Crippen molar-refractivity contribution in [3.8, 4) is 22.7 Å². The first kappa shape index (κ1) is 21.3. The Morgan fingerprint density at radius 3 is 2.76 bits per heavy atom. The molecule has 1 unspecified atom stereocenters. The second-order valence-electron chi connectivity index (χ2n) is 7.96. The predicted octanol–water partition coefficient (Wildman–Crippen LogP) is 3.62. The van der Waals surface area contributed by atoms with Crippen LogP contribution in [-0.2, 0) is 13.2 Å². The van der Waals surface area contributed by atoms with Crippen molar-refractivity contribution in [2.75, 3.05) is 25.5 Å².